The van der Waals surface area contributed by atoms with E-state index in [1.54, 1.807) is 0 Å². The van der Waals surface area contributed by atoms with Crippen molar-refractivity contribution in [3.63, 3.8) is 0 Å². The van der Waals surface area contributed by atoms with Gasteiger partial charge in [-0.2, -0.15) is 0 Å². The van der Waals surface area contributed by atoms with E-state index in [1.165, 1.54) is 165 Å². The molecule has 465 valence electrons. The second-order valence-corrected chi connectivity index (χ2v) is 37.0. The normalized spacial score (nSPS) is 16.1. The first-order valence-electron chi connectivity index (χ1n) is 35.1. The second kappa shape index (κ2) is 20.6. The number of aromatic nitrogens is 3. The minimum absolute atomic E-state index is 0. The summed E-state index contributed by atoms with van der Waals surface area (Å²) in [4.78, 5) is 0. The predicted octanol–water partition coefficient (Wildman–Crippen LogP) is 10.4. The molecule has 2 bridgehead atoms. The summed E-state index contributed by atoms with van der Waals surface area (Å²) in [5.41, 5.74) is 35.8. The molecule has 4 nitrogen and oxygen atoms in total. The number of nitrogens with zero attached hydrogens (tertiary/aromatic N) is 4. The molecule has 15 heteroatoms. The van der Waals surface area contributed by atoms with Crippen LogP contribution in [0.5, 0.6) is 0 Å². The molecule has 0 spiro atoms. The fraction of sp³-hybridized carbons (Fsp3) is 0.133. The average molecular weight is 1390 g/mol. The monoisotopic (exact) mass is 1390 g/mol. The molecule has 0 atom stereocenters. The number of hydrogen-bond acceptors (Lipinski definition) is 1. The van der Waals surface area contributed by atoms with Crippen molar-refractivity contribution in [2.75, 3.05) is 0 Å². The Kier molecular flexibility index (Phi) is 12.5. The molecule has 0 N–H and O–H groups in total. The molecule has 1 radical (unpaired) electrons. The summed E-state index contributed by atoms with van der Waals surface area (Å²) in [6.45, 7) is 19.4. The fourth-order valence-electron chi connectivity index (χ4n) is 20.1. The third kappa shape index (κ3) is 7.59. The van der Waals surface area contributed by atoms with Gasteiger partial charge in [0.25, 0.3) is 0 Å². The van der Waals surface area contributed by atoms with Gasteiger partial charge in [-0.05, 0) is 93.8 Å². The van der Waals surface area contributed by atoms with Crippen LogP contribution in [-0.4, -0.2) is 60.4 Å². The smallest absolute Gasteiger partial charge is 0.247 e. The molecule has 0 amide bonds. The molecular weight excluding hydrogens is 1320 g/mol. The summed E-state index contributed by atoms with van der Waals surface area (Å²) >= 11 is -3.10. The standard InChI is InChI=1S/2C28H22BN.C27H21B5FIN2P.FH/c1-17-12-15-24-19(16-17)18-13-14-21-26-27(18)30(24)25-11-7-6-10-23(25)29(26)22-9-5-4-8-20(22)28(21,2)3;1-17-12-13-18-19-14-15-21-26-27(19)30(25(18)16-17)24-11-7-6-10-23(24)29(26)22-9-5-4-8-20(22)28(21,2)3;1-27(2)17-8-3-4-9-19(17)30-20-10-5-6-12-22(20)36-23-13-7-11-21(34(33)35-37-31-28-32(37)29-31)24(23)16-14-15-18(27)25(30)26(16)36;/h2*4-16H,1-3H3;3-15H,28H2,1-2H3;1H/p-1. The van der Waals surface area contributed by atoms with Gasteiger partial charge in [0.05, 0.1) is 11.0 Å². The zero-order valence-electron chi connectivity index (χ0n) is 56.4. The van der Waals surface area contributed by atoms with Gasteiger partial charge >= 0.3 is 228 Å². The summed E-state index contributed by atoms with van der Waals surface area (Å²) in [5, 5.41) is 7.76. The molecule has 98 heavy (non-hydrogen) atoms. The van der Waals surface area contributed by atoms with Gasteiger partial charge in [-0.15, -0.1) is 0 Å². The molecule has 24 rings (SSSR count). The van der Waals surface area contributed by atoms with Gasteiger partial charge in [0, 0.05) is 54.8 Å². The van der Waals surface area contributed by atoms with E-state index in [9.17, 15) is 0 Å². The van der Waals surface area contributed by atoms with Crippen molar-refractivity contribution in [2.45, 2.75) is 71.6 Å². The maximum absolute atomic E-state index is 16.1. The van der Waals surface area contributed by atoms with Crippen molar-refractivity contribution in [1.82, 2.24) is 13.7 Å². The third-order valence-corrected chi connectivity index (χ3v) is 32.2. The molecule has 15 aromatic rings. The van der Waals surface area contributed by atoms with E-state index in [4.69, 9.17) is 2.96 Å². The first-order valence-corrected chi connectivity index (χ1v) is 39.4. The predicted molar refractivity (Wildman–Crippen MR) is 430 cm³/mol. The molecule has 0 aliphatic carbocycles. The van der Waals surface area contributed by atoms with Crippen LogP contribution in [0.3, 0.4) is 0 Å². The molecule has 9 aliphatic heterocycles. The SMILES string of the molecule is CC1(C)c2ccccc2B2c3ccccc3-n3c4cccc(I(F)N=[P+]5B6[B]B5[BH2-]6)c4c4ccc1c2c43.Cc1ccc2c(c1)c1ccc3c4c1n2-c1ccccc1B4c1ccccc1C3(C)C.Cc1ccc2c3ccc4c5c3n(c2c1)-c1ccccc1B5c1ccccc1C4(C)C.[F-]. The fourth-order valence-corrected chi connectivity index (χ4v) is 28.4. The molecular formula is C83H65B7F2IN4P-. The molecule has 3 saturated heterocycles. The van der Waals surface area contributed by atoms with Crippen LogP contribution in [0, 0.1) is 17.4 Å². The molecule has 9 aliphatic rings. The molecule has 12 heterocycles. The van der Waals surface area contributed by atoms with Gasteiger partial charge < -0.3 is 13.8 Å². The third-order valence-electron chi connectivity index (χ3n) is 24.8. The molecule has 0 unspecified atom stereocenters. The molecule has 12 aromatic carbocycles. The maximum Gasteiger partial charge on any atom is 0.247 e. The minimum atomic E-state index is -3.10. The van der Waals surface area contributed by atoms with Crippen molar-refractivity contribution in [1.29, 1.82) is 0 Å². The van der Waals surface area contributed by atoms with E-state index in [0.717, 1.165) is 26.9 Å². The first-order chi connectivity index (χ1) is 47.2. The number of hydrogen-bond donors (Lipinski definition) is 0. The van der Waals surface area contributed by atoms with Crippen LogP contribution in [0.1, 0.15) is 86.1 Å². The van der Waals surface area contributed by atoms with E-state index < -0.39 is 28.1 Å². The molecule has 3 aromatic heterocycles. The Balaban J connectivity index is 0.000000100. The quantitative estimate of drug-likeness (QED) is 0.0937. The van der Waals surface area contributed by atoms with Crippen LogP contribution >= 0.6 is 28.1 Å². The van der Waals surface area contributed by atoms with E-state index in [2.05, 4.69) is 307 Å². The van der Waals surface area contributed by atoms with Crippen LogP contribution < -0.4 is 53.9 Å². The Morgan fingerprint density at radius 2 is 0.776 bits per heavy atom. The van der Waals surface area contributed by atoms with E-state index in [-0.39, 0.29) is 34.7 Å². The maximum atomic E-state index is 16.1. The summed E-state index contributed by atoms with van der Waals surface area (Å²) in [7, 11) is 2.20. The average Bonchev–Trinajstić information content (AvgIpc) is 1.55. The Labute approximate surface area is 582 Å². The van der Waals surface area contributed by atoms with E-state index in [0.29, 0.717) is 13.4 Å². The van der Waals surface area contributed by atoms with E-state index in [1.807, 2.05) is 6.07 Å². The van der Waals surface area contributed by atoms with E-state index >= 15 is 2.86 Å². The van der Waals surface area contributed by atoms with Crippen molar-refractivity contribution in [2.24, 2.45) is 2.96 Å². The van der Waals surface area contributed by atoms with Crippen molar-refractivity contribution in [3.8, 4) is 17.1 Å². The number of para-hydroxylation sites is 3. The summed E-state index contributed by atoms with van der Waals surface area (Å²) in [5.74, 6) is 0. The van der Waals surface area contributed by atoms with Gasteiger partial charge in [0.1, 0.15) is 0 Å². The zero-order valence-corrected chi connectivity index (χ0v) is 59.4. The second-order valence-electron chi connectivity index (χ2n) is 30.7. The Hall–Kier alpha value is -8.82. The van der Waals surface area contributed by atoms with Crippen molar-refractivity contribution < 1.29 is 7.56 Å². The Morgan fingerprint density at radius 3 is 1.26 bits per heavy atom. The first kappa shape index (κ1) is 59.3. The largest absolute Gasteiger partial charge is 1.00 e. The Morgan fingerprint density at radius 1 is 0.388 bits per heavy atom. The number of halogens is 3. The van der Waals surface area contributed by atoms with Gasteiger partial charge in [-0.3, -0.25) is 0 Å². The van der Waals surface area contributed by atoms with Crippen molar-refractivity contribution in [3.05, 3.63) is 285 Å². The molecule has 0 saturated carbocycles. The van der Waals surface area contributed by atoms with Crippen LogP contribution in [0.2, 0.25) is 0 Å². The summed E-state index contributed by atoms with van der Waals surface area (Å²) in [6, 6.07) is 88.3. The van der Waals surface area contributed by atoms with Crippen LogP contribution in [0.25, 0.3) is 82.5 Å². The van der Waals surface area contributed by atoms with Crippen LogP contribution in [0.15, 0.2) is 240 Å². The number of aryl methyl sites for hydroxylation is 2. The van der Waals surface area contributed by atoms with Crippen LogP contribution in [0.4, 0.5) is 2.86 Å². The number of rotatable bonds is 2. The number of fused-ring (bicyclic) bond motifs is 24. The minimum Gasteiger partial charge on any atom is -1.00 e. The Bertz CT molecular complexity index is 6060. The summed E-state index contributed by atoms with van der Waals surface area (Å²) in [6.07, 6.45) is 1.44. The van der Waals surface area contributed by atoms with Gasteiger partial charge in [-0.25, -0.2) is 0 Å². The zero-order chi connectivity index (χ0) is 65.0. The van der Waals surface area contributed by atoms with Gasteiger partial charge in [0.15, 0.2) is 0 Å². The topological polar surface area (TPSA) is 27.1 Å². The van der Waals surface area contributed by atoms with Gasteiger partial charge in [-0.1, -0.05) is 172 Å². The van der Waals surface area contributed by atoms with Gasteiger partial charge in [0.2, 0.25) is 13.4 Å². The van der Waals surface area contributed by atoms with Crippen molar-refractivity contribution >= 4 is 189 Å². The van der Waals surface area contributed by atoms with Crippen LogP contribution in [-0.2, 0) is 16.2 Å². The summed E-state index contributed by atoms with van der Waals surface area (Å²) < 4.78 is 29.4. The number of benzene rings is 12. The molecule has 3 fully saturated rings.